The summed E-state index contributed by atoms with van der Waals surface area (Å²) in [7, 11) is 0. The molecule has 0 N–H and O–H groups in total. The molecule has 2 amide bonds. The first-order valence-electron chi connectivity index (χ1n) is 11.0. The second-order valence-electron chi connectivity index (χ2n) is 8.14. The Bertz CT molecular complexity index is 1040. The van der Waals surface area contributed by atoms with Crippen molar-refractivity contribution in [1.29, 1.82) is 0 Å². The van der Waals surface area contributed by atoms with E-state index in [1.165, 1.54) is 0 Å². The number of carbonyl (C=O) groups excluding carboxylic acids is 2. The zero-order chi connectivity index (χ0) is 22.1. The average Bonchev–Trinajstić information content (AvgIpc) is 3.33. The maximum absolute atomic E-state index is 13.5. The quantitative estimate of drug-likeness (QED) is 0.724. The van der Waals surface area contributed by atoms with Crippen molar-refractivity contribution in [2.45, 2.75) is 25.8 Å². The molecule has 3 aliphatic heterocycles. The second-order valence-corrected chi connectivity index (χ2v) is 8.14. The fourth-order valence-electron chi connectivity index (χ4n) is 4.48. The number of hydrogen-bond acceptors (Lipinski definition) is 7. The molecule has 5 rings (SSSR count). The lowest BCUT2D eigenvalue weighted by Gasteiger charge is -2.30. The molecule has 0 bridgehead atoms. The largest absolute Gasteiger partial charge is 0.486 e. The van der Waals surface area contributed by atoms with Crippen molar-refractivity contribution in [3.8, 4) is 11.5 Å². The van der Waals surface area contributed by atoms with Gasteiger partial charge in [-0.3, -0.25) is 9.59 Å². The third-order valence-corrected chi connectivity index (χ3v) is 6.09. The minimum absolute atomic E-state index is 0.106. The van der Waals surface area contributed by atoms with Crippen LogP contribution in [0.4, 0.5) is 0 Å². The van der Waals surface area contributed by atoms with Crippen molar-refractivity contribution in [2.24, 2.45) is 0 Å². The molecule has 1 atom stereocenters. The Morgan fingerprint density at radius 3 is 2.59 bits per heavy atom. The first kappa shape index (κ1) is 20.7. The molecule has 2 fully saturated rings. The van der Waals surface area contributed by atoms with E-state index in [1.807, 2.05) is 4.90 Å². The lowest BCUT2D eigenvalue weighted by Crippen LogP contribution is -2.41. The fraction of sp³-hybridized carbons (Fsp3) is 0.478. The molecule has 0 radical (unpaired) electrons. The molecule has 4 heterocycles. The highest BCUT2D eigenvalue weighted by molar-refractivity contribution is 5.97. The minimum Gasteiger partial charge on any atom is -0.486 e. The summed E-state index contributed by atoms with van der Waals surface area (Å²) in [5.41, 5.74) is 1.62. The van der Waals surface area contributed by atoms with Crippen LogP contribution in [0.3, 0.4) is 0 Å². The summed E-state index contributed by atoms with van der Waals surface area (Å²) in [5.74, 6) is 1.60. The Hall–Kier alpha value is -3.20. The predicted molar refractivity (Wildman–Crippen MR) is 114 cm³/mol. The zero-order valence-electron chi connectivity index (χ0n) is 18.1. The van der Waals surface area contributed by atoms with Crippen molar-refractivity contribution in [1.82, 2.24) is 19.8 Å². The van der Waals surface area contributed by atoms with E-state index in [0.717, 1.165) is 12.8 Å². The molecule has 2 aromatic rings. The molecular weight excluding hydrogens is 412 g/mol. The van der Waals surface area contributed by atoms with Crippen molar-refractivity contribution in [2.75, 3.05) is 46.1 Å². The second kappa shape index (κ2) is 8.74. The van der Waals surface area contributed by atoms with Crippen molar-refractivity contribution in [3.63, 3.8) is 0 Å². The molecule has 2 saturated heterocycles. The van der Waals surface area contributed by atoms with E-state index in [2.05, 4.69) is 9.97 Å². The van der Waals surface area contributed by atoms with Gasteiger partial charge in [0.15, 0.2) is 11.5 Å². The summed E-state index contributed by atoms with van der Waals surface area (Å²) < 4.78 is 16.6. The van der Waals surface area contributed by atoms with Crippen molar-refractivity contribution < 1.29 is 23.8 Å². The lowest BCUT2D eigenvalue weighted by molar-refractivity contribution is 0.0299. The summed E-state index contributed by atoms with van der Waals surface area (Å²) in [6, 6.07) is 4.99. The van der Waals surface area contributed by atoms with Crippen LogP contribution in [0.2, 0.25) is 0 Å². The van der Waals surface area contributed by atoms with Gasteiger partial charge in [0.05, 0.1) is 30.5 Å². The number of likely N-dealkylation sites (tertiary alicyclic amines) is 1. The Morgan fingerprint density at radius 2 is 1.78 bits per heavy atom. The number of fused-ring (bicyclic) bond motifs is 1. The maximum Gasteiger partial charge on any atom is 0.257 e. The molecule has 0 aliphatic carbocycles. The summed E-state index contributed by atoms with van der Waals surface area (Å²) in [4.78, 5) is 39.2. The van der Waals surface area contributed by atoms with Crippen LogP contribution in [-0.4, -0.2) is 77.6 Å². The number of benzene rings is 1. The Balaban J connectivity index is 1.45. The van der Waals surface area contributed by atoms with E-state index in [-0.39, 0.29) is 17.9 Å². The number of carbonyl (C=O) groups is 2. The Labute approximate surface area is 186 Å². The summed E-state index contributed by atoms with van der Waals surface area (Å²) >= 11 is 0. The topological polar surface area (TPSA) is 94.1 Å². The number of rotatable bonds is 3. The van der Waals surface area contributed by atoms with E-state index >= 15 is 0 Å². The van der Waals surface area contributed by atoms with Crippen LogP contribution < -0.4 is 9.47 Å². The van der Waals surface area contributed by atoms with Crippen molar-refractivity contribution >= 4 is 11.8 Å². The van der Waals surface area contributed by atoms with Gasteiger partial charge in [-0.05, 0) is 38.0 Å². The molecule has 0 saturated carbocycles. The van der Waals surface area contributed by atoms with Crippen LogP contribution in [-0.2, 0) is 4.74 Å². The fourth-order valence-corrected chi connectivity index (χ4v) is 4.48. The van der Waals surface area contributed by atoms with Gasteiger partial charge in [-0.25, -0.2) is 9.97 Å². The SMILES string of the molecule is Cc1ncc(C(=O)N2CCOCC2)c([C@@H]2CCCN2C(=O)c2ccc3c(c2)OCCO3)n1. The highest BCUT2D eigenvalue weighted by Gasteiger charge is 2.36. The van der Waals surface area contributed by atoms with Crippen LogP contribution in [0.1, 0.15) is 51.1 Å². The molecule has 3 aliphatic rings. The Morgan fingerprint density at radius 1 is 1.00 bits per heavy atom. The van der Waals surface area contributed by atoms with Crippen LogP contribution in [0.5, 0.6) is 11.5 Å². The molecule has 0 unspecified atom stereocenters. The van der Waals surface area contributed by atoms with Gasteiger partial charge >= 0.3 is 0 Å². The average molecular weight is 438 g/mol. The van der Waals surface area contributed by atoms with E-state index in [4.69, 9.17) is 14.2 Å². The molecule has 9 nitrogen and oxygen atoms in total. The van der Waals surface area contributed by atoms with Gasteiger partial charge in [0.25, 0.3) is 11.8 Å². The van der Waals surface area contributed by atoms with Crippen LogP contribution in [0.25, 0.3) is 0 Å². The summed E-state index contributed by atoms with van der Waals surface area (Å²) in [5, 5.41) is 0. The minimum atomic E-state index is -0.280. The van der Waals surface area contributed by atoms with E-state index < -0.39 is 0 Å². The number of aromatic nitrogens is 2. The molecule has 168 valence electrons. The molecule has 1 aromatic heterocycles. The predicted octanol–water partition coefficient (Wildman–Crippen LogP) is 2.01. The third-order valence-electron chi connectivity index (χ3n) is 6.09. The number of hydrogen-bond donors (Lipinski definition) is 0. The van der Waals surface area contributed by atoms with Gasteiger partial charge in [-0.1, -0.05) is 0 Å². The first-order valence-corrected chi connectivity index (χ1v) is 11.0. The van der Waals surface area contributed by atoms with Crippen molar-refractivity contribution in [3.05, 3.63) is 47.0 Å². The normalized spacial score (nSPS) is 20.3. The lowest BCUT2D eigenvalue weighted by atomic mass is 10.0. The Kier molecular flexibility index (Phi) is 5.65. The van der Waals surface area contributed by atoms with Gasteiger partial charge in [-0.2, -0.15) is 0 Å². The molecular formula is C23H26N4O5. The summed E-state index contributed by atoms with van der Waals surface area (Å²) in [6.07, 6.45) is 3.19. The van der Waals surface area contributed by atoms with E-state index in [1.54, 1.807) is 36.2 Å². The van der Waals surface area contributed by atoms with E-state index in [0.29, 0.717) is 80.2 Å². The number of nitrogens with zero attached hydrogens (tertiary/aromatic N) is 4. The van der Waals surface area contributed by atoms with E-state index in [9.17, 15) is 9.59 Å². The number of aryl methyl sites for hydroxylation is 1. The van der Waals surface area contributed by atoms with Crippen LogP contribution in [0, 0.1) is 6.92 Å². The molecule has 1 aromatic carbocycles. The standard InChI is InChI=1S/C23H26N4O5/c1-15-24-14-17(23(29)26-7-9-30-10-8-26)21(25-15)18-3-2-6-27(18)22(28)16-4-5-19-20(13-16)32-12-11-31-19/h4-5,13-14,18H,2-3,6-12H2,1H3/t18-/m0/s1. The number of ether oxygens (including phenoxy) is 3. The monoisotopic (exact) mass is 438 g/mol. The van der Waals surface area contributed by atoms with Gasteiger partial charge in [0, 0.05) is 31.4 Å². The van der Waals surface area contributed by atoms with Gasteiger partial charge < -0.3 is 24.0 Å². The number of morpholine rings is 1. The van der Waals surface area contributed by atoms with Crippen LogP contribution >= 0.6 is 0 Å². The molecule has 9 heteroatoms. The third kappa shape index (κ3) is 3.88. The molecule has 0 spiro atoms. The highest BCUT2D eigenvalue weighted by atomic mass is 16.6. The maximum atomic E-state index is 13.5. The van der Waals surface area contributed by atoms with Gasteiger partial charge in [0.1, 0.15) is 19.0 Å². The zero-order valence-corrected chi connectivity index (χ0v) is 18.1. The highest BCUT2D eigenvalue weighted by Crippen LogP contribution is 2.36. The van der Waals surface area contributed by atoms with Gasteiger partial charge in [-0.15, -0.1) is 0 Å². The molecule has 32 heavy (non-hydrogen) atoms. The smallest absolute Gasteiger partial charge is 0.257 e. The van der Waals surface area contributed by atoms with Crippen LogP contribution in [0.15, 0.2) is 24.4 Å². The summed E-state index contributed by atoms with van der Waals surface area (Å²) in [6.45, 7) is 5.48. The number of amides is 2. The van der Waals surface area contributed by atoms with Gasteiger partial charge in [0.2, 0.25) is 0 Å². The first-order chi connectivity index (χ1) is 15.6.